The van der Waals surface area contributed by atoms with Crippen LogP contribution >= 0.6 is 0 Å². The smallest absolute Gasteiger partial charge is 0.0851 e. The standard InChI is InChI=1S/C8H16N2/c1-8(2,3)6-10-5-4-9-7-10/h7H,4-6H2,1-3H3. The zero-order valence-electron chi connectivity index (χ0n) is 7.09. The molecule has 0 bridgehead atoms. The van der Waals surface area contributed by atoms with E-state index in [9.17, 15) is 0 Å². The highest BCUT2D eigenvalue weighted by Crippen LogP contribution is 2.14. The first-order valence-corrected chi connectivity index (χ1v) is 3.82. The van der Waals surface area contributed by atoms with Crippen molar-refractivity contribution in [1.29, 1.82) is 0 Å². The van der Waals surface area contributed by atoms with Gasteiger partial charge in [0, 0.05) is 13.1 Å². The van der Waals surface area contributed by atoms with E-state index in [1.54, 1.807) is 0 Å². The fourth-order valence-corrected chi connectivity index (χ4v) is 1.15. The average Bonchev–Trinajstić information content (AvgIpc) is 2.12. The molecule has 0 atom stereocenters. The van der Waals surface area contributed by atoms with Crippen molar-refractivity contribution >= 4 is 6.34 Å². The first-order valence-electron chi connectivity index (χ1n) is 3.82. The Morgan fingerprint density at radius 3 is 2.60 bits per heavy atom. The van der Waals surface area contributed by atoms with Crippen molar-refractivity contribution in [1.82, 2.24) is 4.90 Å². The normalized spacial score (nSPS) is 18.5. The molecule has 0 aliphatic carbocycles. The van der Waals surface area contributed by atoms with Crippen LogP contribution in [0, 0.1) is 5.41 Å². The SMILES string of the molecule is CC(C)(C)CN1C=NCC1. The number of rotatable bonds is 1. The van der Waals surface area contributed by atoms with Gasteiger partial charge in [0.1, 0.15) is 0 Å². The highest BCUT2D eigenvalue weighted by molar-refractivity contribution is 5.57. The zero-order valence-corrected chi connectivity index (χ0v) is 7.09. The van der Waals surface area contributed by atoms with Gasteiger partial charge in [0.25, 0.3) is 0 Å². The van der Waals surface area contributed by atoms with Crippen LogP contribution in [0.25, 0.3) is 0 Å². The van der Waals surface area contributed by atoms with Gasteiger partial charge in [-0.15, -0.1) is 0 Å². The van der Waals surface area contributed by atoms with Crippen molar-refractivity contribution in [3.63, 3.8) is 0 Å². The number of hydrogen-bond acceptors (Lipinski definition) is 2. The van der Waals surface area contributed by atoms with E-state index in [2.05, 4.69) is 30.7 Å². The van der Waals surface area contributed by atoms with Gasteiger partial charge in [-0.1, -0.05) is 20.8 Å². The molecule has 0 aromatic heterocycles. The van der Waals surface area contributed by atoms with Gasteiger partial charge >= 0.3 is 0 Å². The fourth-order valence-electron chi connectivity index (χ4n) is 1.15. The molecule has 0 aromatic carbocycles. The molecule has 2 heteroatoms. The maximum atomic E-state index is 4.15. The Bertz CT molecular complexity index is 133. The summed E-state index contributed by atoms with van der Waals surface area (Å²) in [4.78, 5) is 6.43. The van der Waals surface area contributed by atoms with E-state index >= 15 is 0 Å². The van der Waals surface area contributed by atoms with Crippen molar-refractivity contribution in [3.8, 4) is 0 Å². The molecule has 1 aliphatic heterocycles. The Hall–Kier alpha value is -0.530. The lowest BCUT2D eigenvalue weighted by atomic mass is 9.96. The lowest BCUT2D eigenvalue weighted by molar-refractivity contribution is 0.294. The molecular formula is C8H16N2. The Morgan fingerprint density at radius 1 is 1.50 bits per heavy atom. The summed E-state index contributed by atoms with van der Waals surface area (Å²) in [6, 6.07) is 0. The molecule has 2 nitrogen and oxygen atoms in total. The van der Waals surface area contributed by atoms with Crippen LogP contribution < -0.4 is 0 Å². The Morgan fingerprint density at radius 2 is 2.20 bits per heavy atom. The number of nitrogens with zero attached hydrogens (tertiary/aromatic N) is 2. The van der Waals surface area contributed by atoms with E-state index in [4.69, 9.17) is 0 Å². The van der Waals surface area contributed by atoms with E-state index in [1.807, 2.05) is 6.34 Å². The monoisotopic (exact) mass is 140 g/mol. The summed E-state index contributed by atoms with van der Waals surface area (Å²) >= 11 is 0. The van der Waals surface area contributed by atoms with Crippen LogP contribution in [0.4, 0.5) is 0 Å². The van der Waals surface area contributed by atoms with E-state index in [-0.39, 0.29) is 0 Å². The maximum Gasteiger partial charge on any atom is 0.0851 e. The van der Waals surface area contributed by atoms with Crippen LogP contribution in [-0.2, 0) is 0 Å². The fraction of sp³-hybridized carbons (Fsp3) is 0.875. The van der Waals surface area contributed by atoms with Crippen LogP contribution in [0.1, 0.15) is 20.8 Å². The summed E-state index contributed by atoms with van der Waals surface area (Å²) in [5, 5.41) is 0. The van der Waals surface area contributed by atoms with E-state index < -0.39 is 0 Å². The third kappa shape index (κ3) is 2.38. The van der Waals surface area contributed by atoms with Crippen molar-refractivity contribution in [3.05, 3.63) is 0 Å². The van der Waals surface area contributed by atoms with Gasteiger partial charge in [0.15, 0.2) is 0 Å². The van der Waals surface area contributed by atoms with Gasteiger partial charge in [0.05, 0.1) is 12.9 Å². The minimum Gasteiger partial charge on any atom is -0.361 e. The van der Waals surface area contributed by atoms with Gasteiger partial charge in [0.2, 0.25) is 0 Å². The third-order valence-corrected chi connectivity index (χ3v) is 1.44. The second-order valence-corrected chi connectivity index (χ2v) is 4.05. The highest BCUT2D eigenvalue weighted by atomic mass is 15.2. The van der Waals surface area contributed by atoms with Gasteiger partial charge < -0.3 is 4.90 Å². The maximum absolute atomic E-state index is 4.15. The number of aliphatic imine (C=N–C) groups is 1. The van der Waals surface area contributed by atoms with E-state index in [0.717, 1.165) is 19.6 Å². The molecule has 0 amide bonds. The summed E-state index contributed by atoms with van der Waals surface area (Å²) in [6.45, 7) is 9.96. The Balaban J connectivity index is 2.31. The van der Waals surface area contributed by atoms with Gasteiger partial charge in [-0.05, 0) is 5.41 Å². The molecule has 0 unspecified atom stereocenters. The van der Waals surface area contributed by atoms with E-state index in [0.29, 0.717) is 5.41 Å². The van der Waals surface area contributed by atoms with Gasteiger partial charge in [-0.2, -0.15) is 0 Å². The summed E-state index contributed by atoms with van der Waals surface area (Å²) in [5.74, 6) is 0. The average molecular weight is 140 g/mol. The molecule has 0 saturated carbocycles. The minimum atomic E-state index is 0.399. The first kappa shape index (κ1) is 7.58. The minimum absolute atomic E-state index is 0.399. The molecule has 58 valence electrons. The molecule has 0 saturated heterocycles. The van der Waals surface area contributed by atoms with Crippen LogP contribution in [-0.4, -0.2) is 30.9 Å². The van der Waals surface area contributed by atoms with Crippen molar-refractivity contribution in [2.24, 2.45) is 10.4 Å². The second-order valence-electron chi connectivity index (χ2n) is 4.05. The largest absolute Gasteiger partial charge is 0.361 e. The molecule has 0 fully saturated rings. The molecule has 0 spiro atoms. The quantitative estimate of drug-likeness (QED) is 0.537. The molecule has 0 aromatic rings. The Labute approximate surface area is 62.9 Å². The zero-order chi connectivity index (χ0) is 7.61. The second kappa shape index (κ2) is 2.60. The molecule has 0 radical (unpaired) electrons. The van der Waals surface area contributed by atoms with E-state index in [1.165, 1.54) is 0 Å². The number of hydrogen-bond donors (Lipinski definition) is 0. The van der Waals surface area contributed by atoms with Crippen molar-refractivity contribution < 1.29 is 0 Å². The predicted octanol–water partition coefficient (Wildman–Crippen LogP) is 1.38. The molecule has 1 heterocycles. The third-order valence-electron chi connectivity index (χ3n) is 1.44. The lowest BCUT2D eigenvalue weighted by Crippen LogP contribution is -2.30. The molecule has 1 rings (SSSR count). The van der Waals surface area contributed by atoms with Crippen molar-refractivity contribution in [2.45, 2.75) is 20.8 Å². The topological polar surface area (TPSA) is 15.6 Å². The van der Waals surface area contributed by atoms with Crippen LogP contribution in [0.2, 0.25) is 0 Å². The molecule has 1 aliphatic rings. The summed E-state index contributed by atoms with van der Waals surface area (Å²) < 4.78 is 0. The molecule has 0 N–H and O–H groups in total. The molecule has 10 heavy (non-hydrogen) atoms. The lowest BCUT2D eigenvalue weighted by Gasteiger charge is -2.24. The summed E-state index contributed by atoms with van der Waals surface area (Å²) in [6.07, 6.45) is 1.96. The van der Waals surface area contributed by atoms with Gasteiger partial charge in [-0.3, -0.25) is 4.99 Å². The highest BCUT2D eigenvalue weighted by Gasteiger charge is 2.15. The van der Waals surface area contributed by atoms with Crippen molar-refractivity contribution in [2.75, 3.05) is 19.6 Å². The molecular weight excluding hydrogens is 124 g/mol. The van der Waals surface area contributed by atoms with Crippen LogP contribution in [0.3, 0.4) is 0 Å². The van der Waals surface area contributed by atoms with Crippen LogP contribution in [0.15, 0.2) is 4.99 Å². The predicted molar refractivity (Wildman–Crippen MR) is 44.4 cm³/mol. The Kier molecular flexibility index (Phi) is 1.97. The van der Waals surface area contributed by atoms with Crippen LogP contribution in [0.5, 0.6) is 0 Å². The first-order chi connectivity index (χ1) is 4.58. The summed E-state index contributed by atoms with van der Waals surface area (Å²) in [7, 11) is 0. The summed E-state index contributed by atoms with van der Waals surface area (Å²) in [5.41, 5.74) is 0.399. The van der Waals surface area contributed by atoms with Gasteiger partial charge in [-0.25, -0.2) is 0 Å².